The highest BCUT2D eigenvalue weighted by atomic mass is 32.2. The summed E-state index contributed by atoms with van der Waals surface area (Å²) in [5.74, 6) is -4.29. The van der Waals surface area contributed by atoms with Gasteiger partial charge >= 0.3 is 0 Å². The maximum Gasteiger partial charge on any atom is 0.288 e. The highest BCUT2D eigenvalue weighted by molar-refractivity contribution is 7.99. The van der Waals surface area contributed by atoms with E-state index in [1.165, 1.54) is 24.3 Å². The van der Waals surface area contributed by atoms with E-state index < -0.39 is 23.7 Å². The molecule has 104 valence electrons. The molecule has 2 amide bonds. The molecule has 4 N–H and O–H groups in total. The number of rotatable bonds is 6. The molecule has 0 aliphatic carbocycles. The van der Waals surface area contributed by atoms with Crippen LogP contribution in [-0.2, 0) is 4.79 Å². The van der Waals surface area contributed by atoms with Crippen molar-refractivity contribution in [1.82, 2.24) is 5.32 Å². The summed E-state index contributed by atoms with van der Waals surface area (Å²) in [7, 11) is 0. The number of alkyl halides is 2. The fourth-order valence-corrected chi connectivity index (χ4v) is 1.87. The van der Waals surface area contributed by atoms with E-state index in [1.54, 1.807) is 0 Å². The first kappa shape index (κ1) is 15.4. The largest absolute Gasteiger partial charge is 0.381 e. The van der Waals surface area contributed by atoms with E-state index in [1.807, 2.05) is 0 Å². The summed E-state index contributed by atoms with van der Waals surface area (Å²) in [4.78, 5) is 22.4. The minimum atomic E-state index is -2.65. The molecule has 0 bridgehead atoms. The molecule has 19 heavy (non-hydrogen) atoms. The van der Waals surface area contributed by atoms with E-state index in [0.717, 1.165) is 0 Å². The predicted octanol–water partition coefficient (Wildman–Crippen LogP) is 0.577. The van der Waals surface area contributed by atoms with E-state index in [2.05, 4.69) is 5.32 Å². The first-order valence-electron chi connectivity index (χ1n) is 5.21. The molecule has 0 aliphatic heterocycles. The number of hydrogen-bond donors (Lipinski definition) is 3. The van der Waals surface area contributed by atoms with Crippen LogP contribution in [0.5, 0.6) is 0 Å². The fraction of sp³-hybridized carbons (Fsp3) is 0.273. The van der Waals surface area contributed by atoms with Gasteiger partial charge in [-0.1, -0.05) is 23.9 Å². The van der Waals surface area contributed by atoms with Crippen LogP contribution < -0.4 is 11.1 Å². The number of nitrogens with two attached hydrogens (primary N) is 1. The summed E-state index contributed by atoms with van der Waals surface area (Å²) < 4.78 is 24.6. The van der Waals surface area contributed by atoms with Crippen LogP contribution in [0.2, 0.25) is 0 Å². The summed E-state index contributed by atoms with van der Waals surface area (Å²) in [6.45, 7) is -0.373. The molecule has 0 radical (unpaired) electrons. The zero-order valence-electron chi connectivity index (χ0n) is 9.68. The van der Waals surface area contributed by atoms with Gasteiger partial charge in [-0.25, -0.2) is 0 Å². The number of benzene rings is 1. The Balaban J connectivity index is 2.74. The third-order valence-electron chi connectivity index (χ3n) is 2.13. The topological polar surface area (TPSA) is 92.4 Å². The molecule has 0 saturated carbocycles. The number of amides is 2. The SMILES string of the molecule is NC(=O)C(O)CNC(=O)c1ccccc1SC(F)F. The summed E-state index contributed by atoms with van der Waals surface area (Å²) in [5.41, 5.74) is 4.86. The zero-order chi connectivity index (χ0) is 14.4. The van der Waals surface area contributed by atoms with Crippen LogP contribution in [0.15, 0.2) is 29.2 Å². The monoisotopic (exact) mass is 290 g/mol. The van der Waals surface area contributed by atoms with Crippen molar-refractivity contribution in [2.45, 2.75) is 16.8 Å². The van der Waals surface area contributed by atoms with Gasteiger partial charge in [0.05, 0.1) is 12.1 Å². The molecular formula is C11H12F2N2O3S. The molecule has 5 nitrogen and oxygen atoms in total. The van der Waals surface area contributed by atoms with Gasteiger partial charge < -0.3 is 16.2 Å². The Hall–Kier alpha value is -1.67. The number of primary amides is 1. The molecule has 0 aliphatic rings. The van der Waals surface area contributed by atoms with Gasteiger partial charge in [0.1, 0.15) is 6.10 Å². The predicted molar refractivity (Wildman–Crippen MR) is 65.8 cm³/mol. The second-order valence-electron chi connectivity index (χ2n) is 3.50. The number of aliphatic hydroxyl groups is 1. The second-order valence-corrected chi connectivity index (χ2v) is 4.53. The number of aliphatic hydroxyl groups excluding tert-OH is 1. The quantitative estimate of drug-likeness (QED) is 0.668. The Morgan fingerprint density at radius 3 is 2.58 bits per heavy atom. The summed E-state index contributed by atoms with van der Waals surface area (Å²) in [6, 6.07) is 5.81. The van der Waals surface area contributed by atoms with Crippen molar-refractivity contribution in [1.29, 1.82) is 0 Å². The van der Waals surface area contributed by atoms with Crippen molar-refractivity contribution >= 4 is 23.6 Å². The van der Waals surface area contributed by atoms with Gasteiger partial charge in [0.25, 0.3) is 11.7 Å². The summed E-state index contributed by atoms with van der Waals surface area (Å²) >= 11 is 0.246. The average molecular weight is 290 g/mol. The van der Waals surface area contributed by atoms with Crippen molar-refractivity contribution in [3.8, 4) is 0 Å². The minimum absolute atomic E-state index is 0.0458. The fourth-order valence-electron chi connectivity index (χ4n) is 1.24. The second kappa shape index (κ2) is 7.05. The number of hydrogen-bond acceptors (Lipinski definition) is 4. The molecule has 1 aromatic rings. The van der Waals surface area contributed by atoms with Gasteiger partial charge in [-0.15, -0.1) is 0 Å². The highest BCUT2D eigenvalue weighted by Gasteiger charge is 2.17. The van der Waals surface area contributed by atoms with Gasteiger partial charge in [-0.2, -0.15) is 8.78 Å². The Labute approximate surface area is 112 Å². The Morgan fingerprint density at radius 1 is 1.37 bits per heavy atom. The smallest absolute Gasteiger partial charge is 0.288 e. The van der Waals surface area contributed by atoms with Crippen LogP contribution in [-0.4, -0.2) is 35.3 Å². The maximum atomic E-state index is 12.3. The molecule has 0 saturated heterocycles. The molecule has 1 atom stereocenters. The van der Waals surface area contributed by atoms with E-state index >= 15 is 0 Å². The molecule has 0 spiro atoms. The molecular weight excluding hydrogens is 278 g/mol. The van der Waals surface area contributed by atoms with E-state index in [9.17, 15) is 18.4 Å². The third-order valence-corrected chi connectivity index (χ3v) is 2.92. The van der Waals surface area contributed by atoms with Crippen LogP contribution in [0.4, 0.5) is 8.78 Å². The molecule has 8 heteroatoms. The lowest BCUT2D eigenvalue weighted by Gasteiger charge is -2.11. The van der Waals surface area contributed by atoms with E-state index in [4.69, 9.17) is 10.8 Å². The first-order chi connectivity index (χ1) is 8.91. The number of halogens is 2. The lowest BCUT2D eigenvalue weighted by Crippen LogP contribution is -2.40. The van der Waals surface area contributed by atoms with Crippen molar-refractivity contribution < 1.29 is 23.5 Å². The van der Waals surface area contributed by atoms with Crippen molar-refractivity contribution in [2.75, 3.05) is 6.54 Å². The molecule has 1 unspecified atom stereocenters. The average Bonchev–Trinajstić information content (AvgIpc) is 2.35. The standard InChI is InChI=1S/C11H12F2N2O3S/c12-11(13)19-8-4-2-1-3-6(8)10(18)15-5-7(16)9(14)17/h1-4,7,11,16H,5H2,(H2,14,17)(H,15,18). The van der Waals surface area contributed by atoms with Crippen LogP contribution in [0.3, 0.4) is 0 Å². The van der Waals surface area contributed by atoms with Crippen LogP contribution in [0, 0.1) is 0 Å². The van der Waals surface area contributed by atoms with Gasteiger partial charge in [0, 0.05) is 4.90 Å². The van der Waals surface area contributed by atoms with Gasteiger partial charge in [-0.3, -0.25) is 9.59 Å². The molecule has 0 aromatic heterocycles. The number of carbonyl (C=O) groups is 2. The maximum absolute atomic E-state index is 12.3. The van der Waals surface area contributed by atoms with Crippen molar-refractivity contribution in [2.24, 2.45) is 5.73 Å². The van der Waals surface area contributed by atoms with E-state index in [0.29, 0.717) is 0 Å². The Morgan fingerprint density at radius 2 is 2.00 bits per heavy atom. The van der Waals surface area contributed by atoms with Crippen LogP contribution in [0.1, 0.15) is 10.4 Å². The van der Waals surface area contributed by atoms with Gasteiger partial charge in [0.2, 0.25) is 5.91 Å². The van der Waals surface area contributed by atoms with Crippen molar-refractivity contribution in [3.05, 3.63) is 29.8 Å². The molecule has 0 heterocycles. The minimum Gasteiger partial charge on any atom is -0.381 e. The van der Waals surface area contributed by atoms with Crippen LogP contribution >= 0.6 is 11.8 Å². The zero-order valence-corrected chi connectivity index (χ0v) is 10.5. The van der Waals surface area contributed by atoms with Gasteiger partial charge in [0.15, 0.2) is 0 Å². The third kappa shape index (κ3) is 4.84. The molecule has 1 rings (SSSR count). The number of thioether (sulfide) groups is 1. The molecule has 0 fully saturated rings. The number of carbonyl (C=O) groups excluding carboxylic acids is 2. The lowest BCUT2D eigenvalue weighted by molar-refractivity contribution is -0.125. The van der Waals surface area contributed by atoms with Crippen molar-refractivity contribution in [3.63, 3.8) is 0 Å². The normalized spacial score (nSPS) is 12.2. The number of nitrogens with one attached hydrogen (secondary N) is 1. The Kier molecular flexibility index (Phi) is 5.71. The summed E-state index contributed by atoms with van der Waals surface area (Å²) in [6.07, 6.45) is -1.51. The highest BCUT2D eigenvalue weighted by Crippen LogP contribution is 2.28. The van der Waals surface area contributed by atoms with Gasteiger partial charge in [-0.05, 0) is 12.1 Å². The van der Waals surface area contributed by atoms with E-state index in [-0.39, 0.29) is 28.8 Å². The summed E-state index contributed by atoms with van der Waals surface area (Å²) in [5, 5.41) is 11.4. The molecule has 1 aromatic carbocycles. The lowest BCUT2D eigenvalue weighted by atomic mass is 10.2. The Bertz CT molecular complexity index is 471. The van der Waals surface area contributed by atoms with Crippen LogP contribution in [0.25, 0.3) is 0 Å². The first-order valence-corrected chi connectivity index (χ1v) is 6.09.